The van der Waals surface area contributed by atoms with Gasteiger partial charge in [0, 0.05) is 0 Å². The van der Waals surface area contributed by atoms with Crippen molar-refractivity contribution < 1.29 is 31.4 Å². The van der Waals surface area contributed by atoms with Gasteiger partial charge in [0.1, 0.15) is 5.82 Å². The van der Waals surface area contributed by atoms with Crippen molar-refractivity contribution in [1.29, 1.82) is 0 Å². The number of hydrogen-bond acceptors (Lipinski definition) is 1. The Kier molecular flexibility index (Phi) is 5.76. The van der Waals surface area contributed by atoms with E-state index >= 15 is 0 Å². The minimum absolute atomic E-state index is 0.145. The Labute approximate surface area is 168 Å². The van der Waals surface area contributed by atoms with Crippen molar-refractivity contribution in [3.8, 4) is 11.1 Å². The molecule has 0 amide bonds. The first-order chi connectivity index (χ1) is 14.0. The van der Waals surface area contributed by atoms with Crippen LogP contribution < -0.4 is 0 Å². The predicted octanol–water partition coefficient (Wildman–Crippen LogP) is 6.59. The van der Waals surface area contributed by atoms with Crippen LogP contribution in [-0.2, 0) is 5.60 Å². The van der Waals surface area contributed by atoms with Crippen LogP contribution in [0, 0.1) is 5.82 Å². The molecule has 0 radical (unpaired) electrons. The molecule has 0 heterocycles. The fraction of sp³-hybridized carbons (Fsp3) is 0.130. The summed E-state index contributed by atoms with van der Waals surface area (Å²) in [6, 6.07) is 17.8. The van der Waals surface area contributed by atoms with E-state index in [4.69, 9.17) is 0 Å². The van der Waals surface area contributed by atoms with Gasteiger partial charge >= 0.3 is 12.1 Å². The zero-order valence-electron chi connectivity index (χ0n) is 15.4. The van der Waals surface area contributed by atoms with Crippen LogP contribution in [0.3, 0.4) is 0 Å². The largest absolute Gasteiger partial charge is 0.457 e. The zero-order chi connectivity index (χ0) is 22.0. The van der Waals surface area contributed by atoms with E-state index in [0.29, 0.717) is 17.2 Å². The van der Waals surface area contributed by atoms with Crippen LogP contribution in [0.5, 0.6) is 0 Å². The van der Waals surface area contributed by atoms with Crippen LogP contribution in [0.25, 0.3) is 17.2 Å². The molecule has 3 aromatic rings. The molecule has 3 aromatic carbocycles. The molecular weight excluding hydrogens is 406 g/mol. The summed E-state index contributed by atoms with van der Waals surface area (Å²) in [5.74, 6) is -6.09. The topological polar surface area (TPSA) is 20.2 Å². The Hall–Kier alpha value is -3.06. The molecule has 0 aliphatic heterocycles. The van der Waals surface area contributed by atoms with Crippen molar-refractivity contribution >= 4 is 6.08 Å². The molecule has 0 spiro atoms. The summed E-state index contributed by atoms with van der Waals surface area (Å²) in [6.45, 7) is 0. The molecule has 0 aliphatic rings. The van der Waals surface area contributed by atoms with E-state index in [1.807, 2.05) is 0 Å². The van der Waals surface area contributed by atoms with Crippen molar-refractivity contribution in [3.05, 3.63) is 102 Å². The van der Waals surface area contributed by atoms with Crippen LogP contribution in [0.15, 0.2) is 84.9 Å². The molecule has 1 atom stereocenters. The summed E-state index contributed by atoms with van der Waals surface area (Å²) < 4.78 is 81.7. The first-order valence-corrected chi connectivity index (χ1v) is 8.82. The quantitative estimate of drug-likeness (QED) is 0.460. The average Bonchev–Trinajstić information content (AvgIpc) is 2.73. The highest BCUT2D eigenvalue weighted by molar-refractivity contribution is 5.65. The maximum Gasteiger partial charge on any atom is 0.457 e. The molecule has 0 fully saturated rings. The van der Waals surface area contributed by atoms with Crippen molar-refractivity contribution in [1.82, 2.24) is 0 Å². The number of rotatable bonds is 5. The molecular formula is C23H16F6O. The third-order valence-electron chi connectivity index (χ3n) is 4.63. The Morgan fingerprint density at radius 1 is 0.700 bits per heavy atom. The summed E-state index contributed by atoms with van der Waals surface area (Å²) in [5, 5.41) is 10.7. The lowest BCUT2D eigenvalue weighted by Crippen LogP contribution is -2.53. The molecule has 30 heavy (non-hydrogen) atoms. The Bertz CT molecular complexity index is 1030. The van der Waals surface area contributed by atoms with Crippen LogP contribution >= 0.6 is 0 Å². The first-order valence-electron chi connectivity index (χ1n) is 8.82. The molecule has 0 saturated carbocycles. The van der Waals surface area contributed by atoms with Gasteiger partial charge in [0.2, 0.25) is 0 Å². The number of hydrogen-bond donors (Lipinski definition) is 1. The highest BCUT2D eigenvalue weighted by Crippen LogP contribution is 2.49. The van der Waals surface area contributed by atoms with E-state index < -0.39 is 29.1 Å². The fourth-order valence-electron chi connectivity index (χ4n) is 2.96. The molecule has 0 aliphatic carbocycles. The zero-order valence-corrected chi connectivity index (χ0v) is 15.4. The summed E-state index contributed by atoms with van der Waals surface area (Å²) in [5.41, 5.74) is -3.24. The van der Waals surface area contributed by atoms with E-state index in [2.05, 4.69) is 0 Å². The van der Waals surface area contributed by atoms with Gasteiger partial charge < -0.3 is 5.11 Å². The molecule has 1 N–H and O–H groups in total. The Morgan fingerprint density at radius 3 is 1.90 bits per heavy atom. The maximum atomic E-state index is 14.5. The molecule has 0 bridgehead atoms. The molecule has 0 aromatic heterocycles. The van der Waals surface area contributed by atoms with Crippen LogP contribution in [0.4, 0.5) is 26.3 Å². The van der Waals surface area contributed by atoms with E-state index in [0.717, 1.165) is 30.3 Å². The maximum absolute atomic E-state index is 14.5. The lowest BCUT2D eigenvalue weighted by molar-refractivity contribution is -0.334. The van der Waals surface area contributed by atoms with Crippen molar-refractivity contribution in [2.24, 2.45) is 0 Å². The predicted molar refractivity (Wildman–Crippen MR) is 102 cm³/mol. The SMILES string of the molecule is OC(/C=C/c1ccc(F)cc1)(c1cccc(-c2ccccc2)c1)C(F)(F)C(F)(F)F. The first kappa shape index (κ1) is 21.6. The monoisotopic (exact) mass is 422 g/mol. The lowest BCUT2D eigenvalue weighted by Gasteiger charge is -2.35. The van der Waals surface area contributed by atoms with Crippen molar-refractivity contribution in [3.63, 3.8) is 0 Å². The number of halogens is 6. The lowest BCUT2D eigenvalue weighted by atomic mass is 9.84. The second kappa shape index (κ2) is 7.99. The normalized spacial score (nSPS) is 14.6. The molecule has 156 valence electrons. The van der Waals surface area contributed by atoms with Crippen molar-refractivity contribution in [2.75, 3.05) is 0 Å². The smallest absolute Gasteiger partial charge is 0.375 e. The van der Waals surface area contributed by atoms with Gasteiger partial charge in [-0.3, -0.25) is 0 Å². The fourth-order valence-corrected chi connectivity index (χ4v) is 2.96. The molecule has 1 nitrogen and oxygen atoms in total. The number of benzene rings is 3. The van der Waals surface area contributed by atoms with Gasteiger partial charge in [-0.05, 0) is 46.5 Å². The van der Waals surface area contributed by atoms with Crippen LogP contribution in [0.2, 0.25) is 0 Å². The van der Waals surface area contributed by atoms with E-state index in [1.165, 1.54) is 24.3 Å². The minimum Gasteiger partial charge on any atom is -0.375 e. The van der Waals surface area contributed by atoms with Crippen molar-refractivity contribution in [2.45, 2.75) is 17.7 Å². The highest BCUT2D eigenvalue weighted by atomic mass is 19.4. The second-order valence-electron chi connectivity index (χ2n) is 6.67. The van der Waals surface area contributed by atoms with Gasteiger partial charge in [-0.15, -0.1) is 0 Å². The Balaban J connectivity index is 2.14. The van der Waals surface area contributed by atoms with Crippen LogP contribution in [-0.4, -0.2) is 17.2 Å². The van der Waals surface area contributed by atoms with Gasteiger partial charge in [0.15, 0.2) is 5.60 Å². The summed E-state index contributed by atoms with van der Waals surface area (Å²) in [4.78, 5) is 0. The van der Waals surface area contributed by atoms with Gasteiger partial charge in [0.25, 0.3) is 0 Å². The summed E-state index contributed by atoms with van der Waals surface area (Å²) >= 11 is 0. The second-order valence-corrected chi connectivity index (χ2v) is 6.67. The number of alkyl halides is 5. The van der Waals surface area contributed by atoms with Gasteiger partial charge in [-0.25, -0.2) is 4.39 Å². The van der Waals surface area contributed by atoms with Gasteiger partial charge in [-0.2, -0.15) is 22.0 Å². The van der Waals surface area contributed by atoms with E-state index in [-0.39, 0.29) is 5.56 Å². The van der Waals surface area contributed by atoms with Crippen LogP contribution in [0.1, 0.15) is 11.1 Å². The molecule has 0 saturated heterocycles. The summed E-state index contributed by atoms with van der Waals surface area (Å²) in [6.07, 6.45) is -4.73. The van der Waals surface area contributed by atoms with E-state index in [1.54, 1.807) is 30.3 Å². The molecule has 3 rings (SSSR count). The standard InChI is InChI=1S/C23H16F6O/c24-20-11-9-16(10-12-20)13-14-21(30,22(25,26)23(27,28)29)19-8-4-7-18(15-19)17-5-2-1-3-6-17/h1-15,30H/b14-13+. The third kappa shape index (κ3) is 4.11. The number of aliphatic hydroxyl groups is 1. The average molecular weight is 422 g/mol. The van der Waals surface area contributed by atoms with E-state index in [9.17, 15) is 31.4 Å². The Morgan fingerprint density at radius 2 is 1.30 bits per heavy atom. The minimum atomic E-state index is -6.02. The van der Waals surface area contributed by atoms with Gasteiger partial charge in [-0.1, -0.05) is 66.7 Å². The third-order valence-corrected chi connectivity index (χ3v) is 4.63. The van der Waals surface area contributed by atoms with Gasteiger partial charge in [0.05, 0.1) is 0 Å². The molecule has 1 unspecified atom stereocenters. The highest BCUT2D eigenvalue weighted by Gasteiger charge is 2.69. The molecule has 7 heteroatoms. The summed E-state index contributed by atoms with van der Waals surface area (Å²) in [7, 11) is 0.